The number of carbonyl (C=O) groups excluding carboxylic acids is 2. The number of carbonyl (C=O) groups is 2. The summed E-state index contributed by atoms with van der Waals surface area (Å²) in [7, 11) is 3.23. The molecule has 1 aliphatic rings. The SMILES string of the molecule is CNC(=O)CCN1C[C@@H](NC(=O)c2ccc(COC)o2)[C@H](C(C)C)C1. The number of ether oxygens (including phenoxy) is 1. The van der Waals surface area contributed by atoms with Gasteiger partial charge in [-0.15, -0.1) is 0 Å². The molecule has 2 N–H and O–H groups in total. The summed E-state index contributed by atoms with van der Waals surface area (Å²) in [6.07, 6.45) is 0.473. The van der Waals surface area contributed by atoms with E-state index < -0.39 is 0 Å². The molecule has 2 amide bonds. The van der Waals surface area contributed by atoms with Gasteiger partial charge in [0.25, 0.3) is 5.91 Å². The third-order valence-electron chi connectivity index (χ3n) is 4.72. The van der Waals surface area contributed by atoms with E-state index in [0.29, 0.717) is 42.9 Å². The third-order valence-corrected chi connectivity index (χ3v) is 4.72. The molecule has 7 nitrogen and oxygen atoms in total. The standard InChI is InChI=1S/C18H29N3O4/c1-12(2)14-9-21(8-7-17(22)19-3)10-15(14)20-18(23)16-6-5-13(25-16)11-24-4/h5-6,12,14-15H,7-11H2,1-4H3,(H,19,22)(H,20,23)/t14-,15+/m0/s1. The van der Waals surface area contributed by atoms with Crippen molar-refractivity contribution in [2.75, 3.05) is 33.8 Å². The number of nitrogens with zero attached hydrogens (tertiary/aromatic N) is 1. The summed E-state index contributed by atoms with van der Waals surface area (Å²) in [6, 6.07) is 3.47. The second kappa shape index (κ2) is 9.01. The molecule has 0 unspecified atom stereocenters. The van der Waals surface area contributed by atoms with Crippen molar-refractivity contribution < 1.29 is 18.7 Å². The molecule has 7 heteroatoms. The van der Waals surface area contributed by atoms with E-state index in [1.165, 1.54) is 0 Å². The van der Waals surface area contributed by atoms with Gasteiger partial charge in [-0.3, -0.25) is 9.59 Å². The van der Waals surface area contributed by atoms with E-state index in [2.05, 4.69) is 29.4 Å². The Morgan fingerprint density at radius 1 is 1.36 bits per heavy atom. The smallest absolute Gasteiger partial charge is 0.287 e. The number of methoxy groups -OCH3 is 1. The van der Waals surface area contributed by atoms with E-state index in [0.717, 1.165) is 13.1 Å². The summed E-state index contributed by atoms with van der Waals surface area (Å²) in [5.41, 5.74) is 0. The average molecular weight is 351 g/mol. The predicted molar refractivity (Wildman–Crippen MR) is 94.1 cm³/mol. The lowest BCUT2D eigenvalue weighted by Crippen LogP contribution is -2.42. The fourth-order valence-corrected chi connectivity index (χ4v) is 3.27. The second-order valence-electron chi connectivity index (χ2n) is 6.87. The fourth-order valence-electron chi connectivity index (χ4n) is 3.27. The largest absolute Gasteiger partial charge is 0.453 e. The lowest BCUT2D eigenvalue weighted by Gasteiger charge is -2.22. The molecule has 140 valence electrons. The topological polar surface area (TPSA) is 83.8 Å². The predicted octanol–water partition coefficient (Wildman–Crippen LogP) is 1.25. The Balaban J connectivity index is 1.95. The first-order valence-corrected chi connectivity index (χ1v) is 8.76. The summed E-state index contributed by atoms with van der Waals surface area (Å²) in [5.74, 6) is 1.56. The van der Waals surface area contributed by atoms with Crippen LogP contribution >= 0.6 is 0 Å². The number of furan rings is 1. The van der Waals surface area contributed by atoms with Gasteiger partial charge < -0.3 is 24.7 Å². The van der Waals surface area contributed by atoms with Crippen LogP contribution in [0, 0.1) is 11.8 Å². The number of hydrogen-bond donors (Lipinski definition) is 2. The van der Waals surface area contributed by atoms with Crippen LogP contribution in [0.1, 0.15) is 36.6 Å². The van der Waals surface area contributed by atoms with Gasteiger partial charge in [-0.2, -0.15) is 0 Å². The Morgan fingerprint density at radius 2 is 2.12 bits per heavy atom. The lowest BCUT2D eigenvalue weighted by atomic mass is 9.91. The Hall–Kier alpha value is -1.86. The molecule has 0 aromatic carbocycles. The highest BCUT2D eigenvalue weighted by Gasteiger charge is 2.36. The summed E-state index contributed by atoms with van der Waals surface area (Å²) in [5, 5.41) is 5.74. The van der Waals surface area contributed by atoms with Crippen LogP contribution in [0.3, 0.4) is 0 Å². The maximum Gasteiger partial charge on any atom is 0.287 e. The highest BCUT2D eigenvalue weighted by atomic mass is 16.5. The molecule has 1 aromatic heterocycles. The van der Waals surface area contributed by atoms with E-state index in [4.69, 9.17) is 9.15 Å². The Morgan fingerprint density at radius 3 is 2.76 bits per heavy atom. The van der Waals surface area contributed by atoms with Gasteiger partial charge in [0, 0.05) is 46.3 Å². The molecule has 1 fully saturated rings. The summed E-state index contributed by atoms with van der Waals surface area (Å²) in [6.45, 7) is 7.00. The highest BCUT2D eigenvalue weighted by molar-refractivity contribution is 5.91. The van der Waals surface area contributed by atoms with Gasteiger partial charge in [-0.1, -0.05) is 13.8 Å². The van der Waals surface area contributed by atoms with Crippen LogP contribution in [0.4, 0.5) is 0 Å². The van der Waals surface area contributed by atoms with Crippen molar-refractivity contribution in [3.05, 3.63) is 23.7 Å². The van der Waals surface area contributed by atoms with E-state index in [-0.39, 0.29) is 17.9 Å². The number of nitrogens with one attached hydrogen (secondary N) is 2. The van der Waals surface area contributed by atoms with Crippen molar-refractivity contribution in [2.24, 2.45) is 11.8 Å². The first-order valence-electron chi connectivity index (χ1n) is 8.76. The molecule has 2 atom stereocenters. The molecule has 0 radical (unpaired) electrons. The number of amides is 2. The molecule has 0 aliphatic carbocycles. The molecule has 0 bridgehead atoms. The minimum Gasteiger partial charge on any atom is -0.453 e. The maximum absolute atomic E-state index is 12.5. The van der Waals surface area contributed by atoms with Gasteiger partial charge in [-0.25, -0.2) is 0 Å². The first-order chi connectivity index (χ1) is 11.9. The van der Waals surface area contributed by atoms with Gasteiger partial charge >= 0.3 is 0 Å². The summed E-state index contributed by atoms with van der Waals surface area (Å²) in [4.78, 5) is 26.2. The van der Waals surface area contributed by atoms with Gasteiger partial charge in [0.2, 0.25) is 5.91 Å². The first kappa shape index (κ1) is 19.5. The molecule has 1 aromatic rings. The molecule has 1 saturated heterocycles. The van der Waals surface area contributed by atoms with Gasteiger partial charge in [0.1, 0.15) is 12.4 Å². The fraction of sp³-hybridized carbons (Fsp3) is 0.667. The summed E-state index contributed by atoms with van der Waals surface area (Å²) >= 11 is 0. The maximum atomic E-state index is 12.5. The van der Waals surface area contributed by atoms with Crippen molar-refractivity contribution in [3.8, 4) is 0 Å². The minimum atomic E-state index is -0.203. The molecule has 2 rings (SSSR count). The van der Waals surface area contributed by atoms with Crippen molar-refractivity contribution in [1.29, 1.82) is 0 Å². The zero-order chi connectivity index (χ0) is 18.4. The highest BCUT2D eigenvalue weighted by Crippen LogP contribution is 2.25. The molecule has 2 heterocycles. The Kier molecular flexibility index (Phi) is 7.01. The average Bonchev–Trinajstić information content (AvgIpc) is 3.20. The molecular weight excluding hydrogens is 322 g/mol. The van der Waals surface area contributed by atoms with Crippen LogP contribution in [-0.2, 0) is 16.1 Å². The zero-order valence-corrected chi connectivity index (χ0v) is 15.5. The number of likely N-dealkylation sites (tertiary alicyclic amines) is 1. The molecular formula is C18H29N3O4. The van der Waals surface area contributed by atoms with Crippen molar-refractivity contribution >= 4 is 11.8 Å². The van der Waals surface area contributed by atoms with Crippen LogP contribution in [0.2, 0.25) is 0 Å². The van der Waals surface area contributed by atoms with Crippen LogP contribution in [0.15, 0.2) is 16.5 Å². The molecule has 25 heavy (non-hydrogen) atoms. The van der Waals surface area contributed by atoms with E-state index >= 15 is 0 Å². The number of rotatable bonds is 8. The number of hydrogen-bond acceptors (Lipinski definition) is 5. The monoisotopic (exact) mass is 351 g/mol. The van der Waals surface area contributed by atoms with Gasteiger partial charge in [-0.05, 0) is 24.0 Å². The van der Waals surface area contributed by atoms with Crippen molar-refractivity contribution in [2.45, 2.75) is 32.9 Å². The van der Waals surface area contributed by atoms with Crippen LogP contribution in [0.5, 0.6) is 0 Å². The normalized spacial score (nSPS) is 20.8. The van der Waals surface area contributed by atoms with E-state index in [1.54, 1.807) is 26.3 Å². The van der Waals surface area contributed by atoms with Crippen LogP contribution in [0.25, 0.3) is 0 Å². The third kappa shape index (κ3) is 5.31. The van der Waals surface area contributed by atoms with E-state index in [1.807, 2.05) is 0 Å². The van der Waals surface area contributed by atoms with Gasteiger partial charge in [0.05, 0.1) is 0 Å². The Bertz CT molecular complexity index is 585. The zero-order valence-electron chi connectivity index (χ0n) is 15.5. The Labute approximate surface area is 149 Å². The lowest BCUT2D eigenvalue weighted by molar-refractivity contribution is -0.120. The van der Waals surface area contributed by atoms with Gasteiger partial charge in [0.15, 0.2) is 5.76 Å². The van der Waals surface area contributed by atoms with Crippen LogP contribution < -0.4 is 10.6 Å². The second-order valence-corrected chi connectivity index (χ2v) is 6.87. The minimum absolute atomic E-state index is 0.0369. The van der Waals surface area contributed by atoms with Crippen molar-refractivity contribution in [3.63, 3.8) is 0 Å². The van der Waals surface area contributed by atoms with Crippen LogP contribution in [-0.4, -0.2) is 56.5 Å². The summed E-state index contributed by atoms with van der Waals surface area (Å²) < 4.78 is 10.5. The molecule has 1 aliphatic heterocycles. The molecule has 0 saturated carbocycles. The van der Waals surface area contributed by atoms with E-state index in [9.17, 15) is 9.59 Å². The molecule has 0 spiro atoms. The quantitative estimate of drug-likeness (QED) is 0.736. The van der Waals surface area contributed by atoms with Crippen molar-refractivity contribution in [1.82, 2.24) is 15.5 Å².